The molecule has 1 aromatic carbocycles. The first-order valence-electron chi connectivity index (χ1n) is 8.79. The number of nitrogens with one attached hydrogen (secondary N) is 1. The molecule has 1 aliphatic carbocycles. The van der Waals surface area contributed by atoms with Crippen molar-refractivity contribution in [2.24, 2.45) is 0 Å². The van der Waals surface area contributed by atoms with Gasteiger partial charge in [0.25, 0.3) is 5.91 Å². The Hall–Kier alpha value is -2.70. The molecule has 26 heavy (non-hydrogen) atoms. The number of carbonyl (C=O) groups excluding carboxylic acids is 1. The maximum atomic E-state index is 13.1. The van der Waals surface area contributed by atoms with Gasteiger partial charge in [-0.1, -0.05) is 25.7 Å². The van der Waals surface area contributed by atoms with E-state index in [4.69, 9.17) is 0 Å². The number of hydrogen-bond acceptors (Lipinski definition) is 3. The lowest BCUT2D eigenvalue weighted by atomic mass is 9.90. The van der Waals surface area contributed by atoms with Crippen molar-refractivity contribution in [1.29, 1.82) is 0 Å². The van der Waals surface area contributed by atoms with Gasteiger partial charge in [0, 0.05) is 11.8 Å². The zero-order valence-corrected chi connectivity index (χ0v) is 14.7. The van der Waals surface area contributed by atoms with E-state index in [1.165, 1.54) is 16.8 Å². The maximum Gasteiger partial charge on any atom is 0.329 e. The zero-order valence-electron chi connectivity index (χ0n) is 14.7. The number of nitrogens with zero attached hydrogens (tertiary/aromatic N) is 2. The highest BCUT2D eigenvalue weighted by atomic mass is 19.1. The van der Waals surface area contributed by atoms with Gasteiger partial charge in [-0.2, -0.15) is 5.10 Å². The van der Waals surface area contributed by atoms with Crippen molar-refractivity contribution in [2.75, 3.05) is 0 Å². The highest BCUT2D eigenvalue weighted by molar-refractivity contribution is 5.97. The number of rotatable bonds is 4. The number of amides is 1. The van der Waals surface area contributed by atoms with Crippen LogP contribution in [-0.2, 0) is 4.79 Å². The van der Waals surface area contributed by atoms with Crippen molar-refractivity contribution in [2.45, 2.75) is 51.0 Å². The molecule has 2 N–H and O–H groups in total. The van der Waals surface area contributed by atoms with Crippen LogP contribution in [0.25, 0.3) is 5.69 Å². The average molecular weight is 359 g/mol. The lowest BCUT2D eigenvalue weighted by Crippen LogP contribution is -2.54. The highest BCUT2D eigenvalue weighted by Gasteiger charge is 2.40. The minimum Gasteiger partial charge on any atom is -0.480 e. The van der Waals surface area contributed by atoms with Crippen LogP contribution in [0.3, 0.4) is 0 Å². The maximum absolute atomic E-state index is 13.1. The predicted octanol–water partition coefficient (Wildman–Crippen LogP) is 3.23. The Bertz CT molecular complexity index is 806. The van der Waals surface area contributed by atoms with Crippen LogP contribution >= 0.6 is 0 Å². The van der Waals surface area contributed by atoms with Gasteiger partial charge in [0.15, 0.2) is 5.69 Å². The zero-order chi connectivity index (χ0) is 18.7. The van der Waals surface area contributed by atoms with Crippen LogP contribution in [0.4, 0.5) is 4.39 Å². The first-order valence-corrected chi connectivity index (χ1v) is 8.79. The van der Waals surface area contributed by atoms with Crippen molar-refractivity contribution in [3.8, 4) is 5.69 Å². The molecule has 0 radical (unpaired) electrons. The van der Waals surface area contributed by atoms with Crippen LogP contribution in [0, 0.1) is 12.7 Å². The van der Waals surface area contributed by atoms with Crippen molar-refractivity contribution < 1.29 is 19.1 Å². The van der Waals surface area contributed by atoms with E-state index >= 15 is 0 Å². The van der Waals surface area contributed by atoms with Crippen LogP contribution < -0.4 is 5.32 Å². The highest BCUT2D eigenvalue weighted by Crippen LogP contribution is 2.28. The number of benzene rings is 1. The fourth-order valence-corrected chi connectivity index (χ4v) is 3.41. The minimum absolute atomic E-state index is 0.180. The molecule has 6 nitrogen and oxygen atoms in total. The standard InChI is InChI=1S/C19H22FN3O3/c1-13-12-23(15-8-6-14(20)7-9-15)22-16(13)17(24)21-19(18(25)26)10-4-2-3-5-11-19/h6-9,12H,2-5,10-11H2,1H3,(H,21,24)(H,25,26). The van der Waals surface area contributed by atoms with Gasteiger partial charge in [0.2, 0.25) is 0 Å². The Morgan fingerprint density at radius 2 is 1.77 bits per heavy atom. The van der Waals surface area contributed by atoms with Gasteiger partial charge in [-0.05, 0) is 44.0 Å². The van der Waals surface area contributed by atoms with E-state index in [1.54, 1.807) is 25.3 Å². The normalized spacial score (nSPS) is 16.7. The van der Waals surface area contributed by atoms with Crippen LogP contribution in [0.5, 0.6) is 0 Å². The molecule has 7 heteroatoms. The predicted molar refractivity (Wildman–Crippen MR) is 93.8 cm³/mol. The Labute approximate surface area is 151 Å². The van der Waals surface area contributed by atoms with Crippen molar-refractivity contribution in [3.05, 3.63) is 47.5 Å². The molecule has 1 fully saturated rings. The minimum atomic E-state index is -1.24. The molecule has 1 amide bonds. The van der Waals surface area contributed by atoms with E-state index in [0.717, 1.165) is 25.7 Å². The molecular formula is C19H22FN3O3. The van der Waals surface area contributed by atoms with Gasteiger partial charge in [-0.25, -0.2) is 13.9 Å². The molecule has 1 aliphatic rings. The van der Waals surface area contributed by atoms with Crippen LogP contribution in [0.1, 0.15) is 54.6 Å². The number of carboxylic acid groups (broad SMARTS) is 1. The fourth-order valence-electron chi connectivity index (χ4n) is 3.41. The molecule has 2 aromatic rings. The summed E-state index contributed by atoms with van der Waals surface area (Å²) in [6.07, 6.45) is 6.01. The van der Waals surface area contributed by atoms with Gasteiger partial charge >= 0.3 is 5.97 Å². The molecule has 1 aromatic heterocycles. The molecular weight excluding hydrogens is 337 g/mol. The van der Waals surface area contributed by atoms with E-state index in [0.29, 0.717) is 24.1 Å². The Morgan fingerprint density at radius 3 is 2.35 bits per heavy atom. The summed E-state index contributed by atoms with van der Waals surface area (Å²) >= 11 is 0. The van der Waals surface area contributed by atoms with Gasteiger partial charge in [-0.15, -0.1) is 0 Å². The fraction of sp³-hybridized carbons (Fsp3) is 0.421. The van der Waals surface area contributed by atoms with E-state index in [1.807, 2.05) is 0 Å². The Morgan fingerprint density at radius 1 is 1.15 bits per heavy atom. The van der Waals surface area contributed by atoms with Gasteiger partial charge in [0.05, 0.1) is 5.69 Å². The summed E-state index contributed by atoms with van der Waals surface area (Å²) in [6.45, 7) is 1.74. The van der Waals surface area contributed by atoms with E-state index in [2.05, 4.69) is 10.4 Å². The first kappa shape index (κ1) is 18.1. The molecule has 0 aliphatic heterocycles. The number of aryl methyl sites for hydroxylation is 1. The smallest absolute Gasteiger partial charge is 0.329 e. The molecule has 138 valence electrons. The molecule has 1 heterocycles. The third kappa shape index (κ3) is 3.61. The first-order chi connectivity index (χ1) is 12.4. The largest absolute Gasteiger partial charge is 0.480 e. The SMILES string of the molecule is Cc1cn(-c2ccc(F)cc2)nc1C(=O)NC1(C(=O)O)CCCCCC1. The second-order valence-corrected chi connectivity index (χ2v) is 6.84. The molecule has 0 bridgehead atoms. The second-order valence-electron chi connectivity index (χ2n) is 6.84. The Kier molecular flexibility index (Phi) is 5.06. The van der Waals surface area contributed by atoms with Crippen LogP contribution in [0.2, 0.25) is 0 Å². The lowest BCUT2D eigenvalue weighted by molar-refractivity contribution is -0.145. The summed E-state index contributed by atoms with van der Waals surface area (Å²) in [6, 6.07) is 5.76. The van der Waals surface area contributed by atoms with Crippen molar-refractivity contribution >= 4 is 11.9 Å². The van der Waals surface area contributed by atoms with Gasteiger partial charge < -0.3 is 10.4 Å². The molecule has 0 atom stereocenters. The third-order valence-electron chi connectivity index (χ3n) is 4.92. The number of hydrogen-bond donors (Lipinski definition) is 2. The number of aliphatic carboxylic acids is 1. The summed E-state index contributed by atoms with van der Waals surface area (Å²) < 4.78 is 14.6. The topological polar surface area (TPSA) is 84.2 Å². The summed E-state index contributed by atoms with van der Waals surface area (Å²) in [5.41, 5.74) is 0.191. The molecule has 0 saturated heterocycles. The quantitative estimate of drug-likeness (QED) is 0.821. The summed E-state index contributed by atoms with van der Waals surface area (Å²) in [4.78, 5) is 24.6. The number of carboxylic acids is 1. The summed E-state index contributed by atoms with van der Waals surface area (Å²) in [5, 5.41) is 16.7. The molecule has 0 unspecified atom stereocenters. The van der Waals surface area contributed by atoms with Crippen LogP contribution in [0.15, 0.2) is 30.5 Å². The lowest BCUT2D eigenvalue weighted by Gasteiger charge is -2.29. The van der Waals surface area contributed by atoms with Gasteiger partial charge in [-0.3, -0.25) is 4.79 Å². The second kappa shape index (κ2) is 7.27. The molecule has 0 spiro atoms. The van der Waals surface area contributed by atoms with E-state index < -0.39 is 17.4 Å². The van der Waals surface area contributed by atoms with E-state index in [-0.39, 0.29) is 11.5 Å². The average Bonchev–Trinajstić information content (AvgIpc) is 2.84. The molecule has 3 rings (SSSR count). The molecule has 1 saturated carbocycles. The number of aromatic nitrogens is 2. The van der Waals surface area contributed by atoms with E-state index in [9.17, 15) is 19.1 Å². The third-order valence-corrected chi connectivity index (χ3v) is 4.92. The van der Waals surface area contributed by atoms with Crippen LogP contribution in [-0.4, -0.2) is 32.3 Å². The number of halogens is 1. The van der Waals surface area contributed by atoms with Gasteiger partial charge in [0.1, 0.15) is 11.4 Å². The Balaban J connectivity index is 1.85. The van der Waals surface area contributed by atoms with Crippen molar-refractivity contribution in [3.63, 3.8) is 0 Å². The summed E-state index contributed by atoms with van der Waals surface area (Å²) in [5.74, 6) is -1.84. The monoisotopic (exact) mass is 359 g/mol. The number of carbonyl (C=O) groups is 2. The van der Waals surface area contributed by atoms with Crippen molar-refractivity contribution in [1.82, 2.24) is 15.1 Å². The summed E-state index contributed by atoms with van der Waals surface area (Å²) in [7, 11) is 0.